The van der Waals surface area contributed by atoms with E-state index < -0.39 is 0 Å². The molecule has 2 nitrogen and oxygen atoms in total. The van der Waals surface area contributed by atoms with Crippen molar-refractivity contribution in [3.8, 4) is 0 Å². The highest BCUT2D eigenvalue weighted by atomic mass is 15.2. The molecular formula is C18H26N2. The van der Waals surface area contributed by atoms with Crippen molar-refractivity contribution < 1.29 is 0 Å². The summed E-state index contributed by atoms with van der Waals surface area (Å²) < 4.78 is 0. The highest BCUT2D eigenvalue weighted by molar-refractivity contribution is 6.01. The molecule has 0 unspecified atom stereocenters. The van der Waals surface area contributed by atoms with Crippen LogP contribution in [0.2, 0.25) is 0 Å². The van der Waals surface area contributed by atoms with Gasteiger partial charge in [-0.1, -0.05) is 19.1 Å². The fraction of sp³-hybridized carbons (Fsp3) is 0.611. The molecular weight excluding hydrogens is 244 g/mol. The molecule has 0 N–H and O–H groups in total. The number of fused-ring (bicyclic) bond motifs is 1. The van der Waals surface area contributed by atoms with Gasteiger partial charge in [0, 0.05) is 24.3 Å². The molecule has 2 aliphatic rings. The molecule has 0 aromatic heterocycles. The maximum atomic E-state index is 4.79. The molecule has 0 spiro atoms. The van der Waals surface area contributed by atoms with E-state index in [4.69, 9.17) is 4.99 Å². The Morgan fingerprint density at radius 1 is 1.25 bits per heavy atom. The van der Waals surface area contributed by atoms with Crippen LogP contribution in [-0.4, -0.2) is 30.7 Å². The van der Waals surface area contributed by atoms with Gasteiger partial charge in [0.05, 0.1) is 0 Å². The Labute approximate surface area is 122 Å². The highest BCUT2D eigenvalue weighted by Crippen LogP contribution is 2.34. The van der Waals surface area contributed by atoms with Gasteiger partial charge < -0.3 is 0 Å². The number of nitrogens with zero attached hydrogens (tertiary/aromatic N) is 2. The second kappa shape index (κ2) is 5.00. The SMILES string of the molecule is C[C@H]1CCC(c2ccc3c(c2)CCN(C)C3(C)C)=NC1. The van der Waals surface area contributed by atoms with Gasteiger partial charge in [0.1, 0.15) is 0 Å². The standard InChI is InChI=1S/C18H26N2/c1-13-5-8-17(19-12-13)15-6-7-16-14(11-15)9-10-20(4)18(16,2)3/h6-7,11,13H,5,8-10,12H2,1-4H3/t13-/m0/s1. The predicted molar refractivity (Wildman–Crippen MR) is 85.6 cm³/mol. The van der Waals surface area contributed by atoms with Gasteiger partial charge in [-0.25, -0.2) is 0 Å². The molecule has 0 saturated carbocycles. The Kier molecular flexibility index (Phi) is 3.45. The van der Waals surface area contributed by atoms with Crippen LogP contribution in [0.25, 0.3) is 0 Å². The lowest BCUT2D eigenvalue weighted by atomic mass is 9.82. The highest BCUT2D eigenvalue weighted by Gasteiger charge is 2.32. The maximum absolute atomic E-state index is 4.79. The summed E-state index contributed by atoms with van der Waals surface area (Å²) in [7, 11) is 2.23. The van der Waals surface area contributed by atoms with Gasteiger partial charge in [0.25, 0.3) is 0 Å². The molecule has 20 heavy (non-hydrogen) atoms. The van der Waals surface area contributed by atoms with E-state index in [1.54, 1.807) is 0 Å². The normalized spacial score (nSPS) is 26.0. The monoisotopic (exact) mass is 270 g/mol. The number of likely N-dealkylation sites (N-methyl/N-ethyl adjacent to an activating group) is 1. The summed E-state index contributed by atoms with van der Waals surface area (Å²) in [6.45, 7) is 9.09. The lowest BCUT2D eigenvalue weighted by molar-refractivity contribution is 0.143. The molecule has 2 heteroatoms. The molecule has 1 atom stereocenters. The van der Waals surface area contributed by atoms with Crippen LogP contribution in [0.3, 0.4) is 0 Å². The van der Waals surface area contributed by atoms with Crippen molar-refractivity contribution in [1.29, 1.82) is 0 Å². The summed E-state index contributed by atoms with van der Waals surface area (Å²) in [5.41, 5.74) is 5.83. The molecule has 0 radical (unpaired) electrons. The Bertz CT molecular complexity index is 542. The van der Waals surface area contributed by atoms with Crippen molar-refractivity contribution in [2.45, 2.75) is 45.6 Å². The van der Waals surface area contributed by atoms with E-state index in [1.807, 2.05) is 0 Å². The summed E-state index contributed by atoms with van der Waals surface area (Å²) in [5, 5.41) is 0. The molecule has 0 bridgehead atoms. The van der Waals surface area contributed by atoms with Crippen LogP contribution in [0.15, 0.2) is 23.2 Å². The Balaban J connectivity index is 1.95. The summed E-state index contributed by atoms with van der Waals surface area (Å²) in [5.74, 6) is 0.754. The van der Waals surface area contributed by atoms with Crippen molar-refractivity contribution in [3.63, 3.8) is 0 Å². The van der Waals surface area contributed by atoms with Gasteiger partial charge in [0.2, 0.25) is 0 Å². The van der Waals surface area contributed by atoms with Crippen LogP contribution < -0.4 is 0 Å². The number of hydrogen-bond acceptors (Lipinski definition) is 2. The lowest BCUT2D eigenvalue weighted by Crippen LogP contribution is -2.44. The van der Waals surface area contributed by atoms with E-state index in [1.165, 1.54) is 28.8 Å². The van der Waals surface area contributed by atoms with E-state index in [0.717, 1.165) is 31.8 Å². The average molecular weight is 270 g/mol. The first-order valence-corrected chi connectivity index (χ1v) is 7.87. The molecule has 3 rings (SSSR count). The zero-order valence-electron chi connectivity index (χ0n) is 13.2. The second-order valence-electron chi connectivity index (χ2n) is 7.03. The molecule has 2 heterocycles. The van der Waals surface area contributed by atoms with Crippen LogP contribution in [0.5, 0.6) is 0 Å². The summed E-state index contributed by atoms with van der Waals surface area (Å²) in [6, 6.07) is 7.02. The van der Waals surface area contributed by atoms with Gasteiger partial charge >= 0.3 is 0 Å². The molecule has 0 amide bonds. The van der Waals surface area contributed by atoms with Crippen molar-refractivity contribution in [2.24, 2.45) is 10.9 Å². The number of hydrogen-bond donors (Lipinski definition) is 0. The third-order valence-electron chi connectivity index (χ3n) is 5.24. The average Bonchev–Trinajstić information content (AvgIpc) is 2.44. The molecule has 0 saturated heterocycles. The third-order valence-corrected chi connectivity index (χ3v) is 5.24. The Hall–Kier alpha value is -1.15. The van der Waals surface area contributed by atoms with Gasteiger partial charge in [-0.05, 0) is 68.8 Å². The zero-order valence-corrected chi connectivity index (χ0v) is 13.2. The van der Waals surface area contributed by atoms with Crippen LogP contribution >= 0.6 is 0 Å². The van der Waals surface area contributed by atoms with Gasteiger partial charge in [-0.2, -0.15) is 0 Å². The molecule has 2 aliphatic heterocycles. The van der Waals surface area contributed by atoms with Gasteiger partial charge in [0.15, 0.2) is 0 Å². The fourth-order valence-corrected chi connectivity index (χ4v) is 3.41. The molecule has 108 valence electrons. The molecule has 1 aromatic rings. The van der Waals surface area contributed by atoms with Crippen molar-refractivity contribution in [3.05, 3.63) is 34.9 Å². The summed E-state index contributed by atoms with van der Waals surface area (Å²) >= 11 is 0. The Morgan fingerprint density at radius 2 is 2.05 bits per heavy atom. The summed E-state index contributed by atoms with van der Waals surface area (Å²) in [6.07, 6.45) is 3.58. The molecule has 0 fully saturated rings. The first-order valence-electron chi connectivity index (χ1n) is 7.87. The summed E-state index contributed by atoms with van der Waals surface area (Å²) in [4.78, 5) is 7.24. The van der Waals surface area contributed by atoms with Crippen LogP contribution in [0, 0.1) is 5.92 Å². The largest absolute Gasteiger partial charge is 0.297 e. The van der Waals surface area contributed by atoms with Crippen LogP contribution in [0.4, 0.5) is 0 Å². The number of aliphatic imine (C=N–C) groups is 1. The maximum Gasteiger partial charge on any atom is 0.0420 e. The van der Waals surface area contributed by atoms with Gasteiger partial charge in [-0.15, -0.1) is 0 Å². The van der Waals surface area contributed by atoms with E-state index in [-0.39, 0.29) is 5.54 Å². The van der Waals surface area contributed by atoms with Gasteiger partial charge in [-0.3, -0.25) is 9.89 Å². The minimum atomic E-state index is 0.148. The molecule has 1 aromatic carbocycles. The number of rotatable bonds is 1. The minimum Gasteiger partial charge on any atom is -0.297 e. The van der Waals surface area contributed by atoms with E-state index in [0.29, 0.717) is 0 Å². The topological polar surface area (TPSA) is 15.6 Å². The lowest BCUT2D eigenvalue weighted by Gasteiger charge is -2.41. The quantitative estimate of drug-likeness (QED) is 0.761. The second-order valence-corrected chi connectivity index (χ2v) is 7.03. The number of benzene rings is 1. The first-order chi connectivity index (χ1) is 9.48. The van der Waals surface area contributed by atoms with Crippen molar-refractivity contribution >= 4 is 5.71 Å². The smallest absolute Gasteiger partial charge is 0.0420 e. The fourth-order valence-electron chi connectivity index (χ4n) is 3.41. The zero-order chi connectivity index (χ0) is 14.3. The van der Waals surface area contributed by atoms with Crippen molar-refractivity contribution in [1.82, 2.24) is 4.90 Å². The van der Waals surface area contributed by atoms with Crippen LogP contribution in [-0.2, 0) is 12.0 Å². The van der Waals surface area contributed by atoms with Crippen molar-refractivity contribution in [2.75, 3.05) is 20.1 Å². The van der Waals surface area contributed by atoms with E-state index in [9.17, 15) is 0 Å². The first kappa shape index (κ1) is 13.8. The van der Waals surface area contributed by atoms with E-state index >= 15 is 0 Å². The minimum absolute atomic E-state index is 0.148. The predicted octanol–water partition coefficient (Wildman–Crippen LogP) is 3.63. The van der Waals surface area contributed by atoms with E-state index in [2.05, 4.69) is 50.9 Å². The molecule has 0 aliphatic carbocycles. The Morgan fingerprint density at radius 3 is 2.75 bits per heavy atom. The van der Waals surface area contributed by atoms with Crippen LogP contribution in [0.1, 0.15) is 50.3 Å². The third kappa shape index (κ3) is 2.31.